The quantitative estimate of drug-likeness (QED) is 0.620. The van der Waals surface area contributed by atoms with Gasteiger partial charge < -0.3 is 5.73 Å². The largest absolute Gasteiger partial charge is 0.398 e. The molecule has 1 heterocycles. The van der Waals surface area contributed by atoms with Gasteiger partial charge in [-0.2, -0.15) is 4.39 Å². The van der Waals surface area contributed by atoms with Crippen molar-refractivity contribution in [2.75, 3.05) is 5.73 Å². The summed E-state index contributed by atoms with van der Waals surface area (Å²) in [4.78, 5) is 3.28. The molecule has 0 atom stereocenters. The van der Waals surface area contributed by atoms with Gasteiger partial charge in [0.1, 0.15) is 0 Å². The fraction of sp³-hybridized carbons (Fsp3) is 0.214. The topological polar surface area (TPSA) is 38.9 Å². The van der Waals surface area contributed by atoms with Gasteiger partial charge in [-0.05, 0) is 36.5 Å². The fourth-order valence-electron chi connectivity index (χ4n) is 2.56. The van der Waals surface area contributed by atoms with E-state index in [1.165, 1.54) is 17.8 Å². The molecule has 2 aromatic rings. The van der Waals surface area contributed by atoms with Crippen molar-refractivity contribution in [3.63, 3.8) is 0 Å². The van der Waals surface area contributed by atoms with Crippen molar-refractivity contribution >= 4 is 5.69 Å². The zero-order valence-electron chi connectivity index (χ0n) is 9.71. The molecule has 2 nitrogen and oxygen atoms in total. The van der Waals surface area contributed by atoms with Gasteiger partial charge in [-0.3, -0.25) is 0 Å². The molecule has 1 aliphatic rings. The number of nitrogens with two attached hydrogens (primary N) is 1. The van der Waals surface area contributed by atoms with E-state index in [1.54, 1.807) is 6.07 Å². The van der Waals surface area contributed by atoms with E-state index in [-0.39, 0.29) is 5.56 Å². The SMILES string of the molecule is Nc1c(-c2ccnc(F)c2F)ccc2c1CCC2. The molecule has 3 rings (SSSR count). The lowest BCUT2D eigenvalue weighted by molar-refractivity contribution is 0.482. The van der Waals surface area contributed by atoms with E-state index >= 15 is 0 Å². The Hall–Kier alpha value is -1.97. The lowest BCUT2D eigenvalue weighted by Crippen LogP contribution is -2.00. The fourth-order valence-corrected chi connectivity index (χ4v) is 2.56. The Labute approximate surface area is 103 Å². The third kappa shape index (κ3) is 1.56. The standard InChI is InChI=1S/C14H12F2N2/c15-12-10(6-7-18-14(12)16)11-5-4-8-2-1-3-9(8)13(11)17/h4-7H,1-3,17H2. The van der Waals surface area contributed by atoms with Gasteiger partial charge in [0, 0.05) is 23.0 Å². The van der Waals surface area contributed by atoms with Gasteiger partial charge in [0.05, 0.1) is 0 Å². The Morgan fingerprint density at radius 2 is 1.89 bits per heavy atom. The Morgan fingerprint density at radius 1 is 1.06 bits per heavy atom. The number of hydrogen-bond acceptors (Lipinski definition) is 2. The number of halogens is 2. The van der Waals surface area contributed by atoms with E-state index in [2.05, 4.69) is 4.98 Å². The van der Waals surface area contributed by atoms with Crippen LogP contribution in [0.15, 0.2) is 24.4 Å². The van der Waals surface area contributed by atoms with E-state index < -0.39 is 11.8 Å². The van der Waals surface area contributed by atoms with Crippen LogP contribution in [-0.2, 0) is 12.8 Å². The highest BCUT2D eigenvalue weighted by Gasteiger charge is 2.19. The molecule has 0 spiro atoms. The zero-order valence-corrected chi connectivity index (χ0v) is 9.71. The Balaban J connectivity index is 2.21. The second kappa shape index (κ2) is 4.05. The maximum atomic E-state index is 13.7. The van der Waals surface area contributed by atoms with Gasteiger partial charge in [-0.1, -0.05) is 12.1 Å². The van der Waals surface area contributed by atoms with Gasteiger partial charge >= 0.3 is 0 Å². The average Bonchev–Trinajstić information content (AvgIpc) is 2.83. The molecule has 0 aliphatic heterocycles. The van der Waals surface area contributed by atoms with Crippen LogP contribution in [0, 0.1) is 11.8 Å². The highest BCUT2D eigenvalue weighted by atomic mass is 19.2. The molecule has 1 aliphatic carbocycles. The first kappa shape index (κ1) is 11.1. The normalized spacial score (nSPS) is 13.7. The van der Waals surface area contributed by atoms with E-state index in [9.17, 15) is 8.78 Å². The summed E-state index contributed by atoms with van der Waals surface area (Å²) in [5, 5.41) is 0. The number of nitrogens with zero attached hydrogens (tertiary/aromatic N) is 1. The summed E-state index contributed by atoms with van der Waals surface area (Å²) in [5.41, 5.74) is 9.65. The molecule has 92 valence electrons. The number of anilines is 1. The van der Waals surface area contributed by atoms with Crippen molar-refractivity contribution in [3.05, 3.63) is 47.3 Å². The van der Waals surface area contributed by atoms with E-state index in [4.69, 9.17) is 5.73 Å². The zero-order chi connectivity index (χ0) is 12.7. The first-order valence-electron chi connectivity index (χ1n) is 5.89. The van der Waals surface area contributed by atoms with Crippen LogP contribution in [0.2, 0.25) is 0 Å². The molecule has 4 heteroatoms. The summed E-state index contributed by atoms with van der Waals surface area (Å²) in [6, 6.07) is 5.16. The molecule has 0 bridgehead atoms. The Bertz CT molecular complexity index is 623. The van der Waals surface area contributed by atoms with Crippen LogP contribution in [-0.4, -0.2) is 4.98 Å². The molecule has 0 amide bonds. The van der Waals surface area contributed by atoms with Crippen molar-refractivity contribution in [1.29, 1.82) is 0 Å². The number of pyridine rings is 1. The summed E-state index contributed by atoms with van der Waals surface area (Å²) in [5.74, 6) is -2.03. The number of fused-ring (bicyclic) bond motifs is 1. The number of aryl methyl sites for hydroxylation is 1. The predicted molar refractivity (Wildman–Crippen MR) is 66.0 cm³/mol. The smallest absolute Gasteiger partial charge is 0.249 e. The lowest BCUT2D eigenvalue weighted by atomic mass is 9.98. The maximum absolute atomic E-state index is 13.7. The van der Waals surface area contributed by atoms with Crippen molar-refractivity contribution in [2.45, 2.75) is 19.3 Å². The lowest BCUT2D eigenvalue weighted by Gasteiger charge is -2.11. The molecule has 1 aromatic carbocycles. The van der Waals surface area contributed by atoms with Crippen molar-refractivity contribution in [2.24, 2.45) is 0 Å². The summed E-state index contributed by atoms with van der Waals surface area (Å²) in [7, 11) is 0. The van der Waals surface area contributed by atoms with Gasteiger partial charge in [0.2, 0.25) is 5.95 Å². The van der Waals surface area contributed by atoms with Crippen LogP contribution in [0.1, 0.15) is 17.5 Å². The van der Waals surface area contributed by atoms with Gasteiger partial charge in [0.15, 0.2) is 5.82 Å². The minimum absolute atomic E-state index is 0.176. The molecular weight excluding hydrogens is 234 g/mol. The van der Waals surface area contributed by atoms with Crippen LogP contribution in [0.5, 0.6) is 0 Å². The first-order chi connectivity index (χ1) is 8.68. The summed E-state index contributed by atoms with van der Waals surface area (Å²) < 4.78 is 26.9. The molecule has 0 saturated carbocycles. The second-order valence-corrected chi connectivity index (χ2v) is 4.48. The molecule has 2 N–H and O–H groups in total. The highest BCUT2D eigenvalue weighted by Crippen LogP contribution is 2.36. The van der Waals surface area contributed by atoms with Crippen molar-refractivity contribution < 1.29 is 8.78 Å². The average molecular weight is 246 g/mol. The third-order valence-electron chi connectivity index (χ3n) is 3.46. The number of aromatic nitrogens is 1. The second-order valence-electron chi connectivity index (χ2n) is 4.48. The van der Waals surface area contributed by atoms with Gasteiger partial charge in [-0.15, -0.1) is 0 Å². The maximum Gasteiger partial charge on any atom is 0.249 e. The summed E-state index contributed by atoms with van der Waals surface area (Å²) in [6.45, 7) is 0. The van der Waals surface area contributed by atoms with Crippen LogP contribution in [0.25, 0.3) is 11.1 Å². The Kier molecular flexibility index (Phi) is 2.51. The van der Waals surface area contributed by atoms with Gasteiger partial charge in [0.25, 0.3) is 0 Å². The van der Waals surface area contributed by atoms with Crippen LogP contribution < -0.4 is 5.73 Å². The monoisotopic (exact) mass is 246 g/mol. The number of benzene rings is 1. The van der Waals surface area contributed by atoms with E-state index in [0.29, 0.717) is 11.3 Å². The summed E-state index contributed by atoms with van der Waals surface area (Å²) in [6.07, 6.45) is 4.23. The third-order valence-corrected chi connectivity index (χ3v) is 3.46. The molecule has 18 heavy (non-hydrogen) atoms. The van der Waals surface area contributed by atoms with Crippen molar-refractivity contribution in [3.8, 4) is 11.1 Å². The van der Waals surface area contributed by atoms with Crippen LogP contribution >= 0.6 is 0 Å². The first-order valence-corrected chi connectivity index (χ1v) is 5.89. The molecule has 0 radical (unpaired) electrons. The van der Waals surface area contributed by atoms with Crippen LogP contribution in [0.3, 0.4) is 0 Å². The number of nitrogen functional groups attached to an aromatic ring is 1. The highest BCUT2D eigenvalue weighted by molar-refractivity contribution is 5.80. The molecule has 0 fully saturated rings. The van der Waals surface area contributed by atoms with E-state index in [1.807, 2.05) is 6.07 Å². The van der Waals surface area contributed by atoms with Gasteiger partial charge in [-0.25, -0.2) is 9.37 Å². The minimum atomic E-state index is -1.09. The minimum Gasteiger partial charge on any atom is -0.398 e. The molecule has 0 unspecified atom stereocenters. The van der Waals surface area contributed by atoms with Crippen molar-refractivity contribution in [1.82, 2.24) is 4.98 Å². The van der Waals surface area contributed by atoms with Crippen LogP contribution in [0.4, 0.5) is 14.5 Å². The Morgan fingerprint density at radius 3 is 2.72 bits per heavy atom. The van der Waals surface area contributed by atoms with E-state index in [0.717, 1.165) is 24.8 Å². The number of rotatable bonds is 1. The predicted octanol–water partition coefficient (Wildman–Crippen LogP) is 3.10. The molecular formula is C14H12F2N2. The molecule has 0 saturated heterocycles. The number of hydrogen-bond donors (Lipinski definition) is 1. The molecule has 1 aromatic heterocycles. The summed E-state index contributed by atoms with van der Waals surface area (Å²) >= 11 is 0.